The monoisotopic (exact) mass is 1090 g/mol. The highest BCUT2D eigenvalue weighted by Gasteiger charge is 2.37. The number of nitrogens with one attached hydrogen (secondary N) is 4. The zero-order valence-electron chi connectivity index (χ0n) is 43.9. The Balaban J connectivity index is 0.745. The molecule has 5 aromatic heterocycles. The second-order valence-corrected chi connectivity index (χ2v) is 20.0. The van der Waals surface area contributed by atoms with Gasteiger partial charge in [-0.25, -0.2) is 27.2 Å². The Labute approximate surface area is 462 Å². The molecule has 3 amide bonds. The van der Waals surface area contributed by atoms with Crippen molar-refractivity contribution < 1.29 is 32.3 Å². The van der Waals surface area contributed by atoms with Crippen molar-refractivity contribution in [2.75, 3.05) is 59.5 Å². The number of ether oxygens (including phenoxy) is 1. The Morgan fingerprint density at radius 3 is 1.54 bits per heavy atom. The summed E-state index contributed by atoms with van der Waals surface area (Å²) in [5.41, 5.74) is 8.57. The zero-order valence-corrected chi connectivity index (χ0v) is 43.9. The molecule has 2 aliphatic heterocycles. The molecule has 0 aliphatic carbocycles. The Hall–Kier alpha value is -10.1. The summed E-state index contributed by atoms with van der Waals surface area (Å²) in [6.07, 6.45) is 5.00. The maximum Gasteiger partial charge on any atom is 0.254 e. The van der Waals surface area contributed by atoms with Gasteiger partial charge in [0.2, 0.25) is 23.7 Å². The molecule has 4 N–H and O–H groups in total. The molecule has 0 spiro atoms. The van der Waals surface area contributed by atoms with E-state index in [-0.39, 0.29) is 24.9 Å². The number of benzene rings is 5. The summed E-state index contributed by atoms with van der Waals surface area (Å²) in [4.78, 5) is 60.0. The van der Waals surface area contributed by atoms with E-state index in [0.29, 0.717) is 56.7 Å². The van der Waals surface area contributed by atoms with Crippen molar-refractivity contribution in [1.29, 1.82) is 0 Å². The van der Waals surface area contributed by atoms with E-state index in [9.17, 15) is 27.6 Å². The number of halogens is 3. The minimum Gasteiger partial charge on any atom is -0.495 e. The number of carbonyl (C=O) groups is 3. The molecule has 2 atom stereocenters. The second-order valence-electron chi connectivity index (χ2n) is 20.0. The number of pyridine rings is 3. The number of anilines is 7. The molecule has 2 saturated heterocycles. The van der Waals surface area contributed by atoms with E-state index in [1.807, 2.05) is 67.7 Å². The highest BCUT2D eigenvalue weighted by molar-refractivity contribution is 6.05. The average molecular weight is 1090 g/mol. The van der Waals surface area contributed by atoms with Gasteiger partial charge in [-0.05, 0) is 145 Å². The molecule has 81 heavy (non-hydrogen) atoms. The number of carbonyl (C=O) groups excluding carboxylic acids is 3. The quantitative estimate of drug-likeness (QED) is 0.0718. The van der Waals surface area contributed by atoms with Crippen LogP contribution in [0.3, 0.4) is 0 Å². The smallest absolute Gasteiger partial charge is 0.254 e. The number of alkyl halides is 1. The maximum absolute atomic E-state index is 14.7. The van der Waals surface area contributed by atoms with Crippen LogP contribution in [0.25, 0.3) is 33.5 Å². The first-order valence-electron chi connectivity index (χ1n) is 26.3. The van der Waals surface area contributed by atoms with Crippen LogP contribution in [0.15, 0.2) is 164 Å². The van der Waals surface area contributed by atoms with Gasteiger partial charge in [0.05, 0.1) is 49.1 Å². The maximum atomic E-state index is 14.7. The molecule has 2 unspecified atom stereocenters. The standard InChI is InChI=1S/C61H52F3N13O4/c1-36-49(25-28-52(65-36)74-29-3-4-30-74)68-60-70-53-26-14-42(32-76(53)72-60)37-9-20-47(21-10-37)66-57(78)55(39-5-16-44(62)17-6-39)56(40-7-18-45(63)19-8-40)58(79)67-48-22-11-38(12-23-48)43-15-27-54-71-61(73-77(54)33-43)69-50-24-13-41(31-51(50)81-2)59(80)75-34-46(64)35-75/h5-28,31-33,46,55-56H,3-4,29-30,34-35H2,1-2H3,(H,66,78)(H,67,79)(H,68,72)(H,69,73). The minimum atomic E-state index is -1.22. The van der Waals surface area contributed by atoms with E-state index in [0.717, 1.165) is 52.5 Å². The van der Waals surface area contributed by atoms with E-state index >= 15 is 0 Å². The van der Waals surface area contributed by atoms with Crippen LogP contribution in [0.5, 0.6) is 5.75 Å². The molecule has 12 rings (SSSR count). The van der Waals surface area contributed by atoms with Crippen molar-refractivity contribution >= 4 is 69.5 Å². The van der Waals surface area contributed by atoms with E-state index in [1.54, 1.807) is 63.8 Å². The molecule has 7 heterocycles. The number of hydrogen-bond acceptors (Lipinski definition) is 12. The third-order valence-corrected chi connectivity index (χ3v) is 14.6. The van der Waals surface area contributed by atoms with E-state index in [4.69, 9.17) is 9.72 Å². The lowest BCUT2D eigenvalue weighted by molar-refractivity contribution is -0.124. The predicted molar refractivity (Wildman–Crippen MR) is 303 cm³/mol. The van der Waals surface area contributed by atoms with Crippen LogP contribution in [0.2, 0.25) is 0 Å². The van der Waals surface area contributed by atoms with Gasteiger partial charge in [0.15, 0.2) is 11.3 Å². The molecule has 0 bridgehead atoms. The fourth-order valence-corrected chi connectivity index (χ4v) is 10.2. The number of rotatable bonds is 16. The van der Waals surface area contributed by atoms with Crippen LogP contribution in [0.1, 0.15) is 51.9 Å². The van der Waals surface area contributed by atoms with Gasteiger partial charge in [-0.1, -0.05) is 48.5 Å². The number of fused-ring (bicyclic) bond motifs is 2. The molecule has 0 radical (unpaired) electrons. The molecule has 5 aromatic carbocycles. The van der Waals surface area contributed by atoms with Crippen LogP contribution in [-0.2, 0) is 9.59 Å². The summed E-state index contributed by atoms with van der Waals surface area (Å²) in [5, 5.41) is 21.7. The SMILES string of the molecule is COc1cc(C(=O)N2CC(F)C2)ccc1Nc1nc2ccc(-c3ccc(NC(=O)C(c4ccc(F)cc4)C(C(=O)Nc4ccc(-c5ccc6nc(Nc7ccc(N8CCCC8)nc7C)nn6c5)cc4)c4ccc(F)cc4)cc3)cn2n1. The van der Waals surface area contributed by atoms with Gasteiger partial charge in [-0.3, -0.25) is 14.4 Å². The van der Waals surface area contributed by atoms with Gasteiger partial charge in [0, 0.05) is 53.5 Å². The van der Waals surface area contributed by atoms with Crippen LogP contribution >= 0.6 is 0 Å². The number of likely N-dealkylation sites (tertiary alicyclic amines) is 1. The van der Waals surface area contributed by atoms with Gasteiger partial charge in [0.1, 0.15) is 29.4 Å². The van der Waals surface area contributed by atoms with Crippen molar-refractivity contribution in [3.63, 3.8) is 0 Å². The molecular formula is C61H52F3N13O4. The Kier molecular flexibility index (Phi) is 14.0. The van der Waals surface area contributed by atoms with Crippen LogP contribution in [0.4, 0.5) is 53.6 Å². The summed E-state index contributed by atoms with van der Waals surface area (Å²) in [6.45, 7) is 4.11. The first kappa shape index (κ1) is 51.6. The lowest BCUT2D eigenvalue weighted by atomic mass is 9.79. The van der Waals surface area contributed by atoms with Crippen molar-refractivity contribution in [1.82, 2.24) is 39.1 Å². The number of nitrogens with zero attached hydrogens (tertiary/aromatic N) is 9. The zero-order chi connectivity index (χ0) is 55.7. The van der Waals surface area contributed by atoms with Crippen molar-refractivity contribution in [3.8, 4) is 28.0 Å². The first-order chi connectivity index (χ1) is 39.4. The molecule has 2 aliphatic rings. The Bertz CT molecular complexity index is 3980. The van der Waals surface area contributed by atoms with Gasteiger partial charge in [-0.2, -0.15) is 9.97 Å². The van der Waals surface area contributed by atoms with Crippen molar-refractivity contribution in [3.05, 3.63) is 198 Å². The number of methoxy groups -OCH3 is 1. The minimum absolute atomic E-state index is 0.0659. The first-order valence-corrected chi connectivity index (χ1v) is 26.3. The lowest BCUT2D eigenvalue weighted by Crippen LogP contribution is -2.51. The van der Waals surface area contributed by atoms with E-state index < -0.39 is 41.5 Å². The normalized spacial score (nSPS) is 14.1. The van der Waals surface area contributed by atoms with Gasteiger partial charge in [-0.15, -0.1) is 10.2 Å². The number of aryl methyl sites for hydroxylation is 1. The fourth-order valence-electron chi connectivity index (χ4n) is 10.2. The van der Waals surface area contributed by atoms with Gasteiger partial charge < -0.3 is 35.8 Å². The molecule has 2 fully saturated rings. The second kappa shape index (κ2) is 22.0. The number of aromatic nitrogens is 7. The van der Waals surface area contributed by atoms with Gasteiger partial charge >= 0.3 is 0 Å². The van der Waals surface area contributed by atoms with Crippen LogP contribution in [0, 0.1) is 18.6 Å². The van der Waals surface area contributed by atoms with Crippen molar-refractivity contribution in [2.45, 2.75) is 37.8 Å². The average Bonchev–Trinajstić information content (AvgIpc) is 4.26. The molecule has 10 aromatic rings. The third kappa shape index (κ3) is 11.0. The van der Waals surface area contributed by atoms with Crippen LogP contribution in [-0.4, -0.2) is 96.3 Å². The number of hydrogen-bond donors (Lipinski definition) is 4. The lowest BCUT2D eigenvalue weighted by Gasteiger charge is -2.34. The topological polar surface area (TPSA) is 188 Å². The summed E-state index contributed by atoms with van der Waals surface area (Å²) in [5.74, 6) is -2.83. The predicted octanol–water partition coefficient (Wildman–Crippen LogP) is 11.1. The number of amides is 3. The highest BCUT2D eigenvalue weighted by Crippen LogP contribution is 2.37. The highest BCUT2D eigenvalue weighted by atomic mass is 19.1. The molecule has 406 valence electrons. The largest absolute Gasteiger partial charge is 0.495 e. The summed E-state index contributed by atoms with van der Waals surface area (Å²) < 4.78 is 51.2. The van der Waals surface area contributed by atoms with Crippen LogP contribution < -0.4 is 30.9 Å². The summed E-state index contributed by atoms with van der Waals surface area (Å²) in [7, 11) is 1.48. The fraction of sp³-hybridized carbons (Fsp3) is 0.180. The molecule has 0 saturated carbocycles. The molecule has 17 nitrogen and oxygen atoms in total. The van der Waals surface area contributed by atoms with E-state index in [2.05, 4.69) is 46.3 Å². The summed E-state index contributed by atoms with van der Waals surface area (Å²) in [6, 6.07) is 41.5. The van der Waals surface area contributed by atoms with Crippen molar-refractivity contribution in [2.24, 2.45) is 0 Å². The van der Waals surface area contributed by atoms with E-state index in [1.165, 1.54) is 73.4 Å². The molecular weight excluding hydrogens is 1040 g/mol. The van der Waals surface area contributed by atoms with Gasteiger partial charge in [0.25, 0.3) is 5.91 Å². The molecule has 20 heteroatoms. The Morgan fingerprint density at radius 1 is 0.580 bits per heavy atom. The third-order valence-electron chi connectivity index (χ3n) is 14.6. The Morgan fingerprint density at radius 2 is 1.06 bits per heavy atom. The summed E-state index contributed by atoms with van der Waals surface area (Å²) >= 11 is 0.